The molecular weight excluding hydrogens is 304 g/mol. The molecule has 2 rings (SSSR count). The van der Waals surface area contributed by atoms with Crippen molar-refractivity contribution in [2.75, 3.05) is 24.3 Å². The van der Waals surface area contributed by atoms with Crippen LogP contribution in [0, 0.1) is 0 Å². The minimum absolute atomic E-state index is 0.0535. The van der Waals surface area contributed by atoms with Crippen molar-refractivity contribution in [3.8, 4) is 11.5 Å². The number of nitrogens with one attached hydrogen (secondary N) is 2. The van der Waals surface area contributed by atoms with Gasteiger partial charge in [-0.25, -0.2) is 0 Å². The molecule has 0 spiro atoms. The molecule has 24 heavy (non-hydrogen) atoms. The van der Waals surface area contributed by atoms with Gasteiger partial charge in [0.1, 0.15) is 11.5 Å². The molecule has 0 aliphatic rings. The summed E-state index contributed by atoms with van der Waals surface area (Å²) in [4.78, 5) is 12.1. The largest absolute Gasteiger partial charge is 0.497 e. The Kier molecular flexibility index (Phi) is 6.49. The average molecular weight is 328 g/mol. The quantitative estimate of drug-likeness (QED) is 0.771. The monoisotopic (exact) mass is 328 g/mol. The van der Waals surface area contributed by atoms with Gasteiger partial charge in [-0.05, 0) is 38.1 Å². The van der Waals surface area contributed by atoms with Crippen LogP contribution in [-0.2, 0) is 4.79 Å². The Bertz CT molecular complexity index is 671. The minimum atomic E-state index is -0.0646. The van der Waals surface area contributed by atoms with Gasteiger partial charge in [-0.15, -0.1) is 0 Å². The predicted molar refractivity (Wildman–Crippen MR) is 96.9 cm³/mol. The first-order chi connectivity index (χ1) is 11.6. The number of benzene rings is 2. The molecule has 0 saturated heterocycles. The number of methoxy groups -OCH3 is 1. The Labute approximate surface area is 143 Å². The lowest BCUT2D eigenvalue weighted by molar-refractivity contribution is -0.116. The molecule has 2 N–H and O–H groups in total. The van der Waals surface area contributed by atoms with E-state index in [0.717, 1.165) is 11.4 Å². The number of carbonyl (C=O) groups excluding carboxylic acids is 1. The summed E-state index contributed by atoms with van der Waals surface area (Å²) in [6.45, 7) is 4.44. The molecule has 5 nitrogen and oxygen atoms in total. The molecule has 2 aromatic rings. The van der Waals surface area contributed by atoms with Crippen LogP contribution < -0.4 is 20.1 Å². The molecule has 0 saturated carbocycles. The summed E-state index contributed by atoms with van der Waals surface area (Å²) in [6.07, 6.45) is 0.408. The highest BCUT2D eigenvalue weighted by Gasteiger charge is 2.08. The van der Waals surface area contributed by atoms with E-state index in [9.17, 15) is 4.79 Å². The van der Waals surface area contributed by atoms with Gasteiger partial charge in [0.05, 0.1) is 18.9 Å². The highest BCUT2D eigenvalue weighted by atomic mass is 16.5. The first-order valence-corrected chi connectivity index (χ1v) is 8.02. The third kappa shape index (κ3) is 5.50. The molecule has 0 heterocycles. The topological polar surface area (TPSA) is 59.6 Å². The van der Waals surface area contributed by atoms with Gasteiger partial charge in [-0.3, -0.25) is 4.79 Å². The van der Waals surface area contributed by atoms with Gasteiger partial charge in [0.25, 0.3) is 0 Å². The van der Waals surface area contributed by atoms with Crippen LogP contribution in [0.4, 0.5) is 11.4 Å². The van der Waals surface area contributed by atoms with Crippen LogP contribution in [0.5, 0.6) is 11.5 Å². The minimum Gasteiger partial charge on any atom is -0.497 e. The number of anilines is 2. The van der Waals surface area contributed by atoms with Crippen molar-refractivity contribution in [2.24, 2.45) is 0 Å². The van der Waals surface area contributed by atoms with Crippen LogP contribution in [0.3, 0.4) is 0 Å². The van der Waals surface area contributed by atoms with Crippen LogP contribution in [0.15, 0.2) is 48.5 Å². The standard InChI is InChI=1S/C19H24N2O3/c1-14(2)24-18-10-5-4-9-17(18)21-19(22)11-12-20-15-7-6-8-16(13-15)23-3/h4-10,13-14,20H,11-12H2,1-3H3,(H,21,22). The molecular formula is C19H24N2O3. The summed E-state index contributed by atoms with van der Waals surface area (Å²) < 4.78 is 10.9. The van der Waals surface area contributed by atoms with Crippen molar-refractivity contribution in [1.82, 2.24) is 0 Å². The Morgan fingerprint density at radius 1 is 1.12 bits per heavy atom. The fourth-order valence-corrected chi connectivity index (χ4v) is 2.19. The van der Waals surface area contributed by atoms with Gasteiger partial charge in [-0.2, -0.15) is 0 Å². The molecule has 0 bridgehead atoms. The maximum absolute atomic E-state index is 12.1. The Balaban J connectivity index is 1.85. The van der Waals surface area contributed by atoms with E-state index < -0.39 is 0 Å². The zero-order chi connectivity index (χ0) is 17.4. The lowest BCUT2D eigenvalue weighted by atomic mass is 10.2. The summed E-state index contributed by atoms with van der Waals surface area (Å²) >= 11 is 0. The van der Waals surface area contributed by atoms with Gasteiger partial charge < -0.3 is 20.1 Å². The number of carbonyl (C=O) groups is 1. The van der Waals surface area contributed by atoms with Crippen molar-refractivity contribution >= 4 is 17.3 Å². The molecule has 0 atom stereocenters. The van der Waals surface area contributed by atoms with E-state index in [4.69, 9.17) is 9.47 Å². The molecule has 5 heteroatoms. The van der Waals surface area contributed by atoms with Crippen molar-refractivity contribution < 1.29 is 14.3 Å². The summed E-state index contributed by atoms with van der Waals surface area (Å²) in [6, 6.07) is 15.1. The summed E-state index contributed by atoms with van der Waals surface area (Å²) in [5, 5.41) is 6.11. The second-order valence-electron chi connectivity index (χ2n) is 5.62. The van der Waals surface area contributed by atoms with E-state index in [0.29, 0.717) is 24.4 Å². The normalized spacial score (nSPS) is 10.3. The molecule has 0 radical (unpaired) electrons. The first kappa shape index (κ1) is 17.7. The molecule has 128 valence electrons. The predicted octanol–water partition coefficient (Wildman–Crippen LogP) is 3.92. The van der Waals surface area contributed by atoms with Crippen LogP contribution in [0.1, 0.15) is 20.3 Å². The highest BCUT2D eigenvalue weighted by molar-refractivity contribution is 5.92. The lowest BCUT2D eigenvalue weighted by Crippen LogP contribution is -2.17. The average Bonchev–Trinajstić information content (AvgIpc) is 2.56. The SMILES string of the molecule is COc1cccc(NCCC(=O)Nc2ccccc2OC(C)C)c1. The zero-order valence-electron chi connectivity index (χ0n) is 14.3. The number of para-hydroxylation sites is 2. The van der Waals surface area contributed by atoms with E-state index in [1.165, 1.54) is 0 Å². The molecule has 0 aliphatic heterocycles. The second-order valence-corrected chi connectivity index (χ2v) is 5.62. The number of hydrogen-bond acceptors (Lipinski definition) is 4. The van der Waals surface area contributed by atoms with Crippen LogP contribution in [-0.4, -0.2) is 25.7 Å². The van der Waals surface area contributed by atoms with Crippen molar-refractivity contribution in [3.05, 3.63) is 48.5 Å². The number of hydrogen-bond donors (Lipinski definition) is 2. The Hall–Kier alpha value is -2.69. The van der Waals surface area contributed by atoms with Gasteiger partial charge in [0.15, 0.2) is 0 Å². The van der Waals surface area contributed by atoms with Gasteiger partial charge in [-0.1, -0.05) is 18.2 Å². The third-order valence-corrected chi connectivity index (χ3v) is 3.27. The fourth-order valence-electron chi connectivity index (χ4n) is 2.19. The van der Waals surface area contributed by atoms with Crippen molar-refractivity contribution in [1.29, 1.82) is 0 Å². The maximum Gasteiger partial charge on any atom is 0.226 e. The van der Waals surface area contributed by atoms with Gasteiger partial charge in [0.2, 0.25) is 5.91 Å². The van der Waals surface area contributed by atoms with E-state index in [1.807, 2.05) is 62.4 Å². The van der Waals surface area contributed by atoms with Crippen LogP contribution in [0.25, 0.3) is 0 Å². The van der Waals surface area contributed by atoms with Crippen molar-refractivity contribution in [2.45, 2.75) is 26.4 Å². The van der Waals surface area contributed by atoms with E-state index in [1.54, 1.807) is 7.11 Å². The van der Waals surface area contributed by atoms with Crippen LogP contribution >= 0.6 is 0 Å². The highest BCUT2D eigenvalue weighted by Crippen LogP contribution is 2.25. The fraction of sp³-hybridized carbons (Fsp3) is 0.316. The van der Waals surface area contributed by atoms with Crippen LogP contribution in [0.2, 0.25) is 0 Å². The smallest absolute Gasteiger partial charge is 0.226 e. The Morgan fingerprint density at radius 2 is 1.92 bits per heavy atom. The van der Waals surface area contributed by atoms with Gasteiger partial charge >= 0.3 is 0 Å². The summed E-state index contributed by atoms with van der Waals surface area (Å²) in [5.41, 5.74) is 1.61. The van der Waals surface area contributed by atoms with E-state index >= 15 is 0 Å². The summed E-state index contributed by atoms with van der Waals surface area (Å²) in [5.74, 6) is 1.40. The third-order valence-electron chi connectivity index (χ3n) is 3.27. The number of ether oxygens (including phenoxy) is 2. The first-order valence-electron chi connectivity index (χ1n) is 8.02. The lowest BCUT2D eigenvalue weighted by Gasteiger charge is -2.15. The summed E-state index contributed by atoms with van der Waals surface area (Å²) in [7, 11) is 1.63. The Morgan fingerprint density at radius 3 is 2.67 bits per heavy atom. The molecule has 0 aliphatic carbocycles. The maximum atomic E-state index is 12.1. The van der Waals surface area contributed by atoms with Crippen molar-refractivity contribution in [3.63, 3.8) is 0 Å². The molecule has 1 amide bonds. The zero-order valence-corrected chi connectivity index (χ0v) is 14.3. The second kappa shape index (κ2) is 8.82. The number of rotatable bonds is 8. The van der Waals surface area contributed by atoms with E-state index in [2.05, 4.69) is 10.6 Å². The number of amides is 1. The van der Waals surface area contributed by atoms with E-state index in [-0.39, 0.29) is 12.0 Å². The van der Waals surface area contributed by atoms with Gasteiger partial charge in [0, 0.05) is 24.7 Å². The molecule has 0 fully saturated rings. The molecule has 2 aromatic carbocycles. The molecule has 0 unspecified atom stereocenters. The molecule has 0 aromatic heterocycles.